The third kappa shape index (κ3) is 3.08. The molecule has 0 aliphatic rings. The van der Waals surface area contributed by atoms with Gasteiger partial charge in [-0.25, -0.2) is 4.68 Å². The molecule has 0 unspecified atom stereocenters. The van der Waals surface area contributed by atoms with E-state index in [1.54, 1.807) is 12.4 Å². The predicted octanol–water partition coefficient (Wildman–Crippen LogP) is 4.58. The van der Waals surface area contributed by atoms with E-state index < -0.39 is 0 Å². The number of benzene rings is 1. The molecule has 0 bridgehead atoms. The maximum Gasteiger partial charge on any atom is 0.101 e. The zero-order chi connectivity index (χ0) is 17.1. The van der Waals surface area contributed by atoms with Crippen LogP contribution in [0.25, 0.3) is 17.8 Å². The van der Waals surface area contributed by atoms with Gasteiger partial charge < -0.3 is 0 Å². The van der Waals surface area contributed by atoms with E-state index in [2.05, 4.69) is 16.2 Å². The first-order chi connectivity index (χ1) is 11.6. The molecule has 3 aromatic rings. The number of aromatic nitrogens is 3. The molecule has 0 saturated carbocycles. The zero-order valence-corrected chi connectivity index (χ0v) is 14.1. The lowest BCUT2D eigenvalue weighted by Crippen LogP contribution is -1.98. The van der Waals surface area contributed by atoms with Crippen LogP contribution < -0.4 is 0 Å². The molecule has 3 rings (SSSR count). The second-order valence-electron chi connectivity index (χ2n) is 5.38. The van der Waals surface area contributed by atoms with Crippen molar-refractivity contribution in [1.82, 2.24) is 14.8 Å². The molecule has 1 aromatic carbocycles. The normalized spacial score (nSPS) is 10.9. The molecular weight excluding hydrogens is 320 g/mol. The molecule has 0 fully saturated rings. The Morgan fingerprint density at radius 1 is 1.12 bits per heavy atom. The fraction of sp³-hybridized carbons (Fsp3) is 0.105. The SMILES string of the molecule is Cc1nn(-c2ccc(Cl)cc2)c(C)c1/C=C/c1ccncc1C#N. The summed E-state index contributed by atoms with van der Waals surface area (Å²) in [6, 6.07) is 11.5. The lowest BCUT2D eigenvalue weighted by atomic mass is 10.1. The molecule has 0 atom stereocenters. The summed E-state index contributed by atoms with van der Waals surface area (Å²) >= 11 is 5.95. The van der Waals surface area contributed by atoms with Crippen LogP contribution in [0.5, 0.6) is 0 Å². The highest BCUT2D eigenvalue weighted by molar-refractivity contribution is 6.30. The topological polar surface area (TPSA) is 54.5 Å². The molecule has 0 aliphatic carbocycles. The van der Waals surface area contributed by atoms with E-state index in [0.29, 0.717) is 10.6 Å². The van der Waals surface area contributed by atoms with E-state index in [1.165, 1.54) is 0 Å². The van der Waals surface area contributed by atoms with Crippen LogP contribution in [0.1, 0.15) is 28.1 Å². The summed E-state index contributed by atoms with van der Waals surface area (Å²) in [5.74, 6) is 0. The van der Waals surface area contributed by atoms with Gasteiger partial charge in [-0.1, -0.05) is 23.8 Å². The van der Waals surface area contributed by atoms with Gasteiger partial charge >= 0.3 is 0 Å². The van der Waals surface area contributed by atoms with Crippen molar-refractivity contribution in [3.63, 3.8) is 0 Å². The van der Waals surface area contributed by atoms with E-state index in [9.17, 15) is 0 Å². The van der Waals surface area contributed by atoms with Crippen molar-refractivity contribution < 1.29 is 0 Å². The van der Waals surface area contributed by atoms with Gasteiger partial charge in [0, 0.05) is 28.7 Å². The van der Waals surface area contributed by atoms with Crippen molar-refractivity contribution in [2.45, 2.75) is 13.8 Å². The highest BCUT2D eigenvalue weighted by Gasteiger charge is 2.10. The lowest BCUT2D eigenvalue weighted by Gasteiger charge is -2.04. The molecule has 0 spiro atoms. The first-order valence-electron chi connectivity index (χ1n) is 7.44. The van der Waals surface area contributed by atoms with Crippen LogP contribution in [0.4, 0.5) is 0 Å². The fourth-order valence-corrected chi connectivity index (χ4v) is 2.67. The number of pyridine rings is 1. The van der Waals surface area contributed by atoms with E-state index in [-0.39, 0.29) is 0 Å². The van der Waals surface area contributed by atoms with Crippen LogP contribution >= 0.6 is 11.6 Å². The standard InChI is InChI=1S/C19H15ClN4/c1-13-19(8-3-15-9-10-22-12-16(15)11-21)14(2)24(23-13)18-6-4-17(20)5-7-18/h3-10,12H,1-2H3/b8-3+. The Labute approximate surface area is 145 Å². The Balaban J connectivity index is 1.99. The number of hydrogen-bond acceptors (Lipinski definition) is 3. The number of halogens is 1. The Bertz CT molecular complexity index is 946. The summed E-state index contributed by atoms with van der Waals surface area (Å²) in [7, 11) is 0. The van der Waals surface area contributed by atoms with Gasteiger partial charge in [0.2, 0.25) is 0 Å². The van der Waals surface area contributed by atoms with Gasteiger partial charge in [0.1, 0.15) is 6.07 Å². The molecule has 2 aromatic heterocycles. The largest absolute Gasteiger partial charge is 0.263 e. The fourth-order valence-electron chi connectivity index (χ4n) is 2.55. The second kappa shape index (κ2) is 6.69. The van der Waals surface area contributed by atoms with E-state index in [0.717, 1.165) is 28.2 Å². The smallest absolute Gasteiger partial charge is 0.101 e. The second-order valence-corrected chi connectivity index (χ2v) is 5.82. The Morgan fingerprint density at radius 3 is 2.58 bits per heavy atom. The quantitative estimate of drug-likeness (QED) is 0.704. The zero-order valence-electron chi connectivity index (χ0n) is 13.4. The number of aryl methyl sites for hydroxylation is 1. The van der Waals surface area contributed by atoms with E-state index >= 15 is 0 Å². The van der Waals surface area contributed by atoms with Crippen molar-refractivity contribution in [2.24, 2.45) is 0 Å². The highest BCUT2D eigenvalue weighted by atomic mass is 35.5. The van der Waals surface area contributed by atoms with Gasteiger partial charge in [-0.2, -0.15) is 10.4 Å². The van der Waals surface area contributed by atoms with Gasteiger partial charge in [0.15, 0.2) is 0 Å². The van der Waals surface area contributed by atoms with Crippen LogP contribution in [0.15, 0.2) is 42.7 Å². The van der Waals surface area contributed by atoms with Gasteiger partial charge in [-0.05, 0) is 49.7 Å². The monoisotopic (exact) mass is 334 g/mol. The first-order valence-corrected chi connectivity index (χ1v) is 7.82. The number of nitrogens with zero attached hydrogens (tertiary/aromatic N) is 4. The molecule has 118 valence electrons. The number of nitriles is 1. The first kappa shape index (κ1) is 16.0. The summed E-state index contributed by atoms with van der Waals surface area (Å²) in [6.07, 6.45) is 7.15. The van der Waals surface area contributed by atoms with E-state index in [1.807, 2.05) is 61.0 Å². The summed E-state index contributed by atoms with van der Waals surface area (Å²) in [5.41, 5.74) is 5.33. The molecule has 5 heteroatoms. The molecule has 0 saturated heterocycles. The van der Waals surface area contributed by atoms with Gasteiger partial charge in [-0.15, -0.1) is 0 Å². The summed E-state index contributed by atoms with van der Waals surface area (Å²) in [6.45, 7) is 3.99. The van der Waals surface area contributed by atoms with Gasteiger partial charge in [0.25, 0.3) is 0 Å². The van der Waals surface area contributed by atoms with Crippen LogP contribution in [0.3, 0.4) is 0 Å². The molecule has 0 radical (unpaired) electrons. The predicted molar refractivity (Wildman–Crippen MR) is 95.9 cm³/mol. The molecule has 0 amide bonds. The van der Waals surface area contributed by atoms with Crippen molar-refractivity contribution in [2.75, 3.05) is 0 Å². The summed E-state index contributed by atoms with van der Waals surface area (Å²) in [4.78, 5) is 3.97. The Kier molecular flexibility index (Phi) is 4.45. The van der Waals surface area contributed by atoms with Crippen molar-refractivity contribution >= 4 is 23.8 Å². The molecular formula is C19H15ClN4. The molecule has 4 nitrogen and oxygen atoms in total. The average Bonchev–Trinajstić information content (AvgIpc) is 2.88. The molecule has 24 heavy (non-hydrogen) atoms. The lowest BCUT2D eigenvalue weighted by molar-refractivity contribution is 0.833. The van der Waals surface area contributed by atoms with Gasteiger partial charge in [-0.3, -0.25) is 4.98 Å². The minimum absolute atomic E-state index is 0.550. The maximum absolute atomic E-state index is 9.15. The van der Waals surface area contributed by atoms with Crippen molar-refractivity contribution in [3.8, 4) is 11.8 Å². The maximum atomic E-state index is 9.15. The molecule has 0 aliphatic heterocycles. The Hall–Kier alpha value is -2.90. The number of hydrogen-bond donors (Lipinski definition) is 0. The van der Waals surface area contributed by atoms with E-state index in [4.69, 9.17) is 16.9 Å². The van der Waals surface area contributed by atoms with Crippen LogP contribution in [0.2, 0.25) is 5.02 Å². The minimum Gasteiger partial charge on any atom is -0.263 e. The summed E-state index contributed by atoms with van der Waals surface area (Å²) < 4.78 is 1.89. The van der Waals surface area contributed by atoms with Crippen LogP contribution in [-0.2, 0) is 0 Å². The average molecular weight is 335 g/mol. The highest BCUT2D eigenvalue weighted by Crippen LogP contribution is 2.22. The van der Waals surface area contributed by atoms with Crippen molar-refractivity contribution in [3.05, 3.63) is 75.8 Å². The number of rotatable bonds is 3. The Morgan fingerprint density at radius 2 is 1.88 bits per heavy atom. The van der Waals surface area contributed by atoms with Crippen molar-refractivity contribution in [1.29, 1.82) is 5.26 Å². The third-order valence-corrected chi connectivity index (χ3v) is 4.08. The summed E-state index contributed by atoms with van der Waals surface area (Å²) in [5, 5.41) is 14.5. The minimum atomic E-state index is 0.550. The van der Waals surface area contributed by atoms with Crippen LogP contribution in [-0.4, -0.2) is 14.8 Å². The molecule has 2 heterocycles. The third-order valence-electron chi connectivity index (χ3n) is 3.82. The van der Waals surface area contributed by atoms with Crippen LogP contribution in [0, 0.1) is 25.2 Å². The van der Waals surface area contributed by atoms with Gasteiger partial charge in [0.05, 0.1) is 16.9 Å². The molecule has 0 N–H and O–H groups in total.